The van der Waals surface area contributed by atoms with Gasteiger partial charge in [-0.15, -0.1) is 0 Å². The second kappa shape index (κ2) is 6.72. The maximum absolute atomic E-state index is 10.3. The van der Waals surface area contributed by atoms with E-state index >= 15 is 0 Å². The lowest BCUT2D eigenvalue weighted by atomic mass is 9.83. The standard InChI is InChI=1S/C21H25NO4/c1-3-8-26-21-16-12-22-7-6-14-10-20(25-2)19(24)11-15(14)17(22)9-13(16)4-5-18(21)23/h4-5,10-11,17,23-24H,3,6-9,12H2,1-2H3/t17-/m0/s1. The van der Waals surface area contributed by atoms with E-state index in [9.17, 15) is 10.2 Å². The van der Waals surface area contributed by atoms with Crippen LogP contribution in [0.25, 0.3) is 0 Å². The molecule has 5 nitrogen and oxygen atoms in total. The summed E-state index contributed by atoms with van der Waals surface area (Å²) in [6.07, 6.45) is 2.67. The Hall–Kier alpha value is -2.40. The number of benzene rings is 2. The molecule has 5 heteroatoms. The number of phenolic OH excluding ortho intramolecular Hbond substituents is 2. The van der Waals surface area contributed by atoms with Crippen LogP contribution in [-0.2, 0) is 19.4 Å². The average molecular weight is 355 g/mol. The quantitative estimate of drug-likeness (QED) is 0.878. The van der Waals surface area contributed by atoms with Gasteiger partial charge in [0.15, 0.2) is 23.0 Å². The zero-order valence-electron chi connectivity index (χ0n) is 15.3. The molecular weight excluding hydrogens is 330 g/mol. The average Bonchev–Trinajstić information content (AvgIpc) is 2.65. The number of fused-ring (bicyclic) bond motifs is 4. The van der Waals surface area contributed by atoms with Crippen LogP contribution in [0.15, 0.2) is 24.3 Å². The fraction of sp³-hybridized carbons (Fsp3) is 0.429. The monoisotopic (exact) mass is 355 g/mol. The maximum Gasteiger partial charge on any atom is 0.165 e. The lowest BCUT2D eigenvalue weighted by Gasteiger charge is -2.42. The lowest BCUT2D eigenvalue weighted by molar-refractivity contribution is 0.156. The molecule has 0 aliphatic carbocycles. The van der Waals surface area contributed by atoms with E-state index in [1.165, 1.54) is 16.7 Å². The topological polar surface area (TPSA) is 62.2 Å². The Kier molecular flexibility index (Phi) is 4.41. The van der Waals surface area contributed by atoms with E-state index in [0.717, 1.165) is 37.9 Å². The molecule has 2 heterocycles. The summed E-state index contributed by atoms with van der Waals surface area (Å²) in [5.74, 6) is 1.58. The van der Waals surface area contributed by atoms with Crippen LogP contribution in [0.2, 0.25) is 0 Å². The van der Waals surface area contributed by atoms with Crippen molar-refractivity contribution in [3.8, 4) is 23.0 Å². The fourth-order valence-corrected chi connectivity index (χ4v) is 4.16. The van der Waals surface area contributed by atoms with Gasteiger partial charge in [0.25, 0.3) is 0 Å². The van der Waals surface area contributed by atoms with Crippen molar-refractivity contribution in [3.63, 3.8) is 0 Å². The van der Waals surface area contributed by atoms with Crippen LogP contribution in [0.4, 0.5) is 0 Å². The smallest absolute Gasteiger partial charge is 0.165 e. The second-order valence-corrected chi connectivity index (χ2v) is 7.06. The minimum absolute atomic E-state index is 0.191. The van der Waals surface area contributed by atoms with Gasteiger partial charge in [0.05, 0.1) is 13.7 Å². The molecular formula is C21H25NO4. The van der Waals surface area contributed by atoms with Gasteiger partial charge < -0.3 is 19.7 Å². The zero-order valence-corrected chi connectivity index (χ0v) is 15.3. The third kappa shape index (κ3) is 2.76. The molecule has 0 saturated heterocycles. The number of methoxy groups -OCH3 is 1. The fourth-order valence-electron chi connectivity index (χ4n) is 4.16. The highest BCUT2D eigenvalue weighted by atomic mass is 16.5. The normalized spacial score (nSPS) is 18.6. The molecule has 0 amide bonds. The minimum atomic E-state index is 0.191. The van der Waals surface area contributed by atoms with Crippen molar-refractivity contribution < 1.29 is 19.7 Å². The van der Waals surface area contributed by atoms with Gasteiger partial charge in [0.2, 0.25) is 0 Å². The first-order chi connectivity index (χ1) is 12.6. The number of aromatic hydroxyl groups is 2. The van der Waals surface area contributed by atoms with Gasteiger partial charge in [-0.05, 0) is 54.2 Å². The highest BCUT2D eigenvalue weighted by molar-refractivity contribution is 5.54. The van der Waals surface area contributed by atoms with Crippen LogP contribution >= 0.6 is 0 Å². The van der Waals surface area contributed by atoms with Crippen molar-refractivity contribution in [2.75, 3.05) is 20.3 Å². The Morgan fingerprint density at radius 2 is 2.00 bits per heavy atom. The minimum Gasteiger partial charge on any atom is -0.504 e. The van der Waals surface area contributed by atoms with Gasteiger partial charge in [-0.1, -0.05) is 13.0 Å². The van der Waals surface area contributed by atoms with Crippen molar-refractivity contribution in [1.29, 1.82) is 0 Å². The third-order valence-corrected chi connectivity index (χ3v) is 5.47. The van der Waals surface area contributed by atoms with Gasteiger partial charge in [0, 0.05) is 24.7 Å². The van der Waals surface area contributed by atoms with E-state index in [4.69, 9.17) is 9.47 Å². The lowest BCUT2D eigenvalue weighted by Crippen LogP contribution is -2.39. The zero-order chi connectivity index (χ0) is 18.3. The van der Waals surface area contributed by atoms with Crippen molar-refractivity contribution in [1.82, 2.24) is 4.90 Å². The number of ether oxygens (including phenoxy) is 2. The van der Waals surface area contributed by atoms with Crippen molar-refractivity contribution in [2.45, 2.75) is 38.8 Å². The number of hydrogen-bond acceptors (Lipinski definition) is 5. The molecule has 2 aliphatic heterocycles. The molecule has 0 saturated carbocycles. The molecule has 0 spiro atoms. The molecule has 0 unspecified atom stereocenters. The molecule has 2 N–H and O–H groups in total. The Bertz CT molecular complexity index is 833. The van der Waals surface area contributed by atoms with Gasteiger partial charge in [-0.25, -0.2) is 0 Å². The van der Waals surface area contributed by atoms with E-state index in [1.54, 1.807) is 13.2 Å². The van der Waals surface area contributed by atoms with E-state index in [0.29, 0.717) is 18.1 Å². The summed E-state index contributed by atoms with van der Waals surface area (Å²) >= 11 is 0. The van der Waals surface area contributed by atoms with Crippen molar-refractivity contribution >= 4 is 0 Å². The van der Waals surface area contributed by atoms with Crippen molar-refractivity contribution in [3.05, 3.63) is 46.5 Å². The molecule has 0 radical (unpaired) electrons. The van der Waals surface area contributed by atoms with Crippen molar-refractivity contribution in [2.24, 2.45) is 0 Å². The summed E-state index contributed by atoms with van der Waals surface area (Å²) < 4.78 is 11.1. The van der Waals surface area contributed by atoms with E-state index in [-0.39, 0.29) is 17.5 Å². The summed E-state index contributed by atoms with van der Waals surface area (Å²) in [6, 6.07) is 7.77. The van der Waals surface area contributed by atoms with Crippen LogP contribution in [0, 0.1) is 0 Å². The Labute approximate surface area is 153 Å². The Morgan fingerprint density at radius 3 is 2.77 bits per heavy atom. The molecule has 2 aromatic carbocycles. The van der Waals surface area contributed by atoms with E-state index in [2.05, 4.69) is 11.8 Å². The summed E-state index contributed by atoms with van der Waals surface area (Å²) in [4.78, 5) is 2.41. The maximum atomic E-state index is 10.3. The molecule has 2 aromatic rings. The highest BCUT2D eigenvalue weighted by Crippen LogP contribution is 2.45. The Balaban J connectivity index is 1.72. The predicted molar refractivity (Wildman–Crippen MR) is 99.1 cm³/mol. The molecule has 0 bridgehead atoms. The number of nitrogens with zero attached hydrogens (tertiary/aromatic N) is 1. The summed E-state index contributed by atoms with van der Waals surface area (Å²) in [5, 5.41) is 20.5. The van der Waals surface area contributed by atoms with Crippen LogP contribution < -0.4 is 9.47 Å². The summed E-state index contributed by atoms with van der Waals surface area (Å²) in [5.41, 5.74) is 4.71. The molecule has 0 fully saturated rings. The van der Waals surface area contributed by atoms with Crippen LogP contribution in [0.1, 0.15) is 41.6 Å². The molecule has 4 rings (SSSR count). The molecule has 26 heavy (non-hydrogen) atoms. The Morgan fingerprint density at radius 1 is 1.15 bits per heavy atom. The predicted octanol–water partition coefficient (Wildman–Crippen LogP) is 3.55. The second-order valence-electron chi connectivity index (χ2n) is 7.06. The molecule has 1 atom stereocenters. The van der Waals surface area contributed by atoms with Gasteiger partial charge in [0.1, 0.15) is 0 Å². The van der Waals surface area contributed by atoms with Crippen LogP contribution in [-0.4, -0.2) is 35.4 Å². The first-order valence-electron chi connectivity index (χ1n) is 9.22. The summed E-state index contributed by atoms with van der Waals surface area (Å²) in [7, 11) is 1.58. The van der Waals surface area contributed by atoms with E-state index in [1.807, 2.05) is 18.2 Å². The first-order valence-corrected chi connectivity index (χ1v) is 9.22. The number of hydrogen-bond donors (Lipinski definition) is 2. The van der Waals surface area contributed by atoms with Gasteiger partial charge in [-0.3, -0.25) is 4.90 Å². The van der Waals surface area contributed by atoms with Gasteiger partial charge in [-0.2, -0.15) is 0 Å². The third-order valence-electron chi connectivity index (χ3n) is 5.47. The number of phenols is 2. The first kappa shape index (κ1) is 17.0. The van der Waals surface area contributed by atoms with Crippen LogP contribution in [0.5, 0.6) is 23.0 Å². The van der Waals surface area contributed by atoms with Crippen LogP contribution in [0.3, 0.4) is 0 Å². The highest BCUT2D eigenvalue weighted by Gasteiger charge is 2.34. The summed E-state index contributed by atoms with van der Waals surface area (Å²) in [6.45, 7) is 4.35. The number of rotatable bonds is 4. The SMILES string of the molecule is CCCOc1c(O)ccc2c1CN1CCc3cc(OC)c(O)cc3[C@@H]1C2. The molecule has 0 aromatic heterocycles. The largest absolute Gasteiger partial charge is 0.504 e. The van der Waals surface area contributed by atoms with Gasteiger partial charge >= 0.3 is 0 Å². The molecule has 2 aliphatic rings. The molecule has 138 valence electrons. The van der Waals surface area contributed by atoms with E-state index < -0.39 is 0 Å².